The Balaban J connectivity index is 1.76. The SMILES string of the molecule is O=C(Nc1ccc(-n2cncn2)cc1)c1cc(Cl)sc1Cl. The lowest BCUT2D eigenvalue weighted by Crippen LogP contribution is -2.11. The molecular formula is C13H8Cl2N4OS. The van der Waals surface area contributed by atoms with Crippen molar-refractivity contribution in [1.29, 1.82) is 0 Å². The predicted molar refractivity (Wildman–Crippen MR) is 83.7 cm³/mol. The molecule has 0 bridgehead atoms. The third kappa shape index (κ3) is 3.07. The smallest absolute Gasteiger partial charge is 0.258 e. The van der Waals surface area contributed by atoms with E-state index in [2.05, 4.69) is 15.4 Å². The highest BCUT2D eigenvalue weighted by molar-refractivity contribution is 7.20. The topological polar surface area (TPSA) is 59.8 Å². The van der Waals surface area contributed by atoms with Gasteiger partial charge in [-0.3, -0.25) is 4.79 Å². The van der Waals surface area contributed by atoms with E-state index in [1.54, 1.807) is 29.2 Å². The number of halogens is 2. The molecule has 0 aliphatic carbocycles. The van der Waals surface area contributed by atoms with E-state index < -0.39 is 0 Å². The Morgan fingerprint density at radius 1 is 1.24 bits per heavy atom. The average Bonchev–Trinajstić information content (AvgIpc) is 3.09. The van der Waals surface area contributed by atoms with Crippen molar-refractivity contribution >= 4 is 46.1 Å². The lowest BCUT2D eigenvalue weighted by molar-refractivity contribution is 0.102. The molecule has 1 aromatic carbocycles. The number of carbonyl (C=O) groups excluding carboxylic acids is 1. The number of nitrogens with zero attached hydrogens (tertiary/aromatic N) is 3. The first-order chi connectivity index (χ1) is 10.1. The van der Waals surface area contributed by atoms with Crippen molar-refractivity contribution in [2.75, 3.05) is 5.32 Å². The summed E-state index contributed by atoms with van der Waals surface area (Å²) in [7, 11) is 0. The second-order valence-corrected chi connectivity index (χ2v) is 6.36. The molecule has 8 heteroatoms. The maximum atomic E-state index is 12.1. The molecule has 2 heterocycles. The number of thiophene rings is 1. The third-order valence-corrected chi connectivity index (χ3v) is 4.20. The standard InChI is InChI=1S/C13H8Cl2N4OS/c14-11-5-10(12(15)21-11)13(20)18-8-1-3-9(4-2-8)19-7-16-6-17-19/h1-7H,(H,18,20). The first kappa shape index (κ1) is 14.1. The van der Waals surface area contributed by atoms with E-state index >= 15 is 0 Å². The minimum atomic E-state index is -0.295. The number of benzene rings is 1. The monoisotopic (exact) mass is 338 g/mol. The fourth-order valence-corrected chi connectivity index (χ4v) is 3.19. The maximum Gasteiger partial charge on any atom is 0.258 e. The van der Waals surface area contributed by atoms with Crippen LogP contribution in [-0.4, -0.2) is 20.7 Å². The molecule has 0 aliphatic heterocycles. The van der Waals surface area contributed by atoms with E-state index in [1.807, 2.05) is 12.1 Å². The molecule has 106 valence electrons. The fraction of sp³-hybridized carbons (Fsp3) is 0. The second kappa shape index (κ2) is 5.85. The highest BCUT2D eigenvalue weighted by atomic mass is 35.5. The molecule has 0 saturated heterocycles. The van der Waals surface area contributed by atoms with Gasteiger partial charge in [-0.25, -0.2) is 9.67 Å². The molecule has 1 N–H and O–H groups in total. The highest BCUT2D eigenvalue weighted by Gasteiger charge is 2.14. The van der Waals surface area contributed by atoms with Crippen LogP contribution >= 0.6 is 34.5 Å². The van der Waals surface area contributed by atoms with Crippen molar-refractivity contribution in [1.82, 2.24) is 14.8 Å². The number of aromatic nitrogens is 3. The van der Waals surface area contributed by atoms with Gasteiger partial charge in [0.05, 0.1) is 15.6 Å². The van der Waals surface area contributed by atoms with Crippen LogP contribution in [0, 0.1) is 0 Å². The molecular weight excluding hydrogens is 331 g/mol. The van der Waals surface area contributed by atoms with E-state index in [-0.39, 0.29) is 5.91 Å². The van der Waals surface area contributed by atoms with Crippen molar-refractivity contribution in [3.05, 3.63) is 57.2 Å². The van der Waals surface area contributed by atoms with Gasteiger partial charge in [0.25, 0.3) is 5.91 Å². The van der Waals surface area contributed by atoms with Gasteiger partial charge in [0.2, 0.25) is 0 Å². The largest absolute Gasteiger partial charge is 0.322 e. The Labute approximate surface area is 134 Å². The number of amides is 1. The first-order valence-corrected chi connectivity index (χ1v) is 7.42. The van der Waals surface area contributed by atoms with Crippen LogP contribution < -0.4 is 5.32 Å². The summed E-state index contributed by atoms with van der Waals surface area (Å²) in [6, 6.07) is 8.75. The van der Waals surface area contributed by atoms with E-state index in [4.69, 9.17) is 23.2 Å². The lowest BCUT2D eigenvalue weighted by Gasteiger charge is -2.06. The third-order valence-electron chi connectivity index (χ3n) is 2.71. The van der Waals surface area contributed by atoms with Crippen LogP contribution in [0.15, 0.2) is 43.0 Å². The average molecular weight is 339 g/mol. The Kier molecular flexibility index (Phi) is 3.92. The molecule has 0 radical (unpaired) electrons. The molecule has 3 aromatic rings. The zero-order chi connectivity index (χ0) is 14.8. The first-order valence-electron chi connectivity index (χ1n) is 5.85. The molecule has 5 nitrogen and oxygen atoms in total. The molecule has 0 unspecified atom stereocenters. The van der Waals surface area contributed by atoms with Gasteiger partial charge in [0.1, 0.15) is 17.0 Å². The van der Waals surface area contributed by atoms with Gasteiger partial charge in [-0.15, -0.1) is 11.3 Å². The van der Waals surface area contributed by atoms with E-state index in [0.29, 0.717) is 19.9 Å². The van der Waals surface area contributed by atoms with Crippen molar-refractivity contribution in [3.63, 3.8) is 0 Å². The van der Waals surface area contributed by atoms with Gasteiger partial charge in [0.15, 0.2) is 0 Å². The van der Waals surface area contributed by atoms with E-state index in [0.717, 1.165) is 17.0 Å². The second-order valence-electron chi connectivity index (χ2n) is 4.08. The zero-order valence-corrected chi connectivity index (χ0v) is 12.8. The maximum absolute atomic E-state index is 12.1. The Morgan fingerprint density at radius 2 is 2.00 bits per heavy atom. The number of nitrogens with one attached hydrogen (secondary N) is 1. The Bertz CT molecular complexity index is 768. The van der Waals surface area contributed by atoms with Crippen LogP contribution in [0.2, 0.25) is 8.67 Å². The van der Waals surface area contributed by atoms with Gasteiger partial charge in [0, 0.05) is 5.69 Å². The molecule has 3 rings (SSSR count). The fourth-order valence-electron chi connectivity index (χ4n) is 1.73. The van der Waals surface area contributed by atoms with Crippen molar-refractivity contribution < 1.29 is 4.79 Å². The summed E-state index contributed by atoms with van der Waals surface area (Å²) in [6.07, 6.45) is 3.05. The summed E-state index contributed by atoms with van der Waals surface area (Å²) < 4.78 is 2.48. The van der Waals surface area contributed by atoms with Crippen LogP contribution in [-0.2, 0) is 0 Å². The lowest BCUT2D eigenvalue weighted by atomic mass is 10.2. The van der Waals surface area contributed by atoms with Gasteiger partial charge in [-0.05, 0) is 30.3 Å². The molecule has 0 spiro atoms. The summed E-state index contributed by atoms with van der Waals surface area (Å²) in [5.41, 5.74) is 1.87. The molecule has 2 aromatic heterocycles. The number of anilines is 1. The molecule has 0 fully saturated rings. The molecule has 21 heavy (non-hydrogen) atoms. The van der Waals surface area contributed by atoms with Crippen LogP contribution in [0.4, 0.5) is 5.69 Å². The highest BCUT2D eigenvalue weighted by Crippen LogP contribution is 2.31. The minimum Gasteiger partial charge on any atom is -0.322 e. The van der Waals surface area contributed by atoms with E-state index in [1.165, 1.54) is 6.33 Å². The Hall–Kier alpha value is -1.89. The summed E-state index contributed by atoms with van der Waals surface area (Å²) in [5.74, 6) is -0.295. The van der Waals surface area contributed by atoms with Crippen molar-refractivity contribution in [2.24, 2.45) is 0 Å². The van der Waals surface area contributed by atoms with Crippen LogP contribution in [0.25, 0.3) is 5.69 Å². The number of hydrogen-bond acceptors (Lipinski definition) is 4. The summed E-state index contributed by atoms with van der Waals surface area (Å²) in [5, 5.41) is 6.79. The number of hydrogen-bond donors (Lipinski definition) is 1. The minimum absolute atomic E-state index is 0.295. The number of carbonyl (C=O) groups is 1. The molecule has 0 aliphatic rings. The van der Waals surface area contributed by atoms with Gasteiger partial charge >= 0.3 is 0 Å². The molecule has 0 atom stereocenters. The van der Waals surface area contributed by atoms with Crippen LogP contribution in [0.1, 0.15) is 10.4 Å². The van der Waals surface area contributed by atoms with Crippen molar-refractivity contribution in [3.8, 4) is 5.69 Å². The normalized spacial score (nSPS) is 10.6. The predicted octanol–water partition coefficient (Wildman–Crippen LogP) is 3.89. The van der Waals surface area contributed by atoms with Gasteiger partial charge in [-0.2, -0.15) is 5.10 Å². The molecule has 1 amide bonds. The summed E-state index contributed by atoms with van der Waals surface area (Å²) in [4.78, 5) is 16.0. The van der Waals surface area contributed by atoms with Gasteiger partial charge in [-0.1, -0.05) is 23.2 Å². The summed E-state index contributed by atoms with van der Waals surface area (Å²) in [6.45, 7) is 0. The number of rotatable bonds is 3. The van der Waals surface area contributed by atoms with Crippen LogP contribution in [0.3, 0.4) is 0 Å². The van der Waals surface area contributed by atoms with Crippen molar-refractivity contribution in [2.45, 2.75) is 0 Å². The Morgan fingerprint density at radius 3 is 2.57 bits per heavy atom. The quantitative estimate of drug-likeness (QED) is 0.788. The molecule has 0 saturated carbocycles. The summed E-state index contributed by atoms with van der Waals surface area (Å²) >= 11 is 12.9. The van der Waals surface area contributed by atoms with Crippen LogP contribution in [0.5, 0.6) is 0 Å². The zero-order valence-electron chi connectivity index (χ0n) is 10.5. The van der Waals surface area contributed by atoms with Gasteiger partial charge < -0.3 is 5.32 Å². The van der Waals surface area contributed by atoms with E-state index in [9.17, 15) is 4.79 Å².